The Kier molecular flexibility index (Phi) is 4.29. The van der Waals surface area contributed by atoms with Crippen molar-refractivity contribution in [3.05, 3.63) is 0 Å². The van der Waals surface area contributed by atoms with Gasteiger partial charge in [0.2, 0.25) is 8.41 Å². The average Bonchev–Trinajstić information content (AvgIpc) is 2.00. The maximum Gasteiger partial charge on any atom is 0.247 e. The molecule has 0 rings (SSSR count). The molecule has 0 saturated heterocycles. The second kappa shape index (κ2) is 4.45. The molecule has 3 heteroatoms. The highest BCUT2D eigenvalue weighted by Crippen LogP contribution is 2.22. The summed E-state index contributed by atoms with van der Waals surface area (Å²) in [5.41, 5.74) is 0. The van der Waals surface area contributed by atoms with E-state index >= 15 is 0 Å². The molecule has 1 nitrogen and oxygen atoms in total. The molecule has 0 aliphatic carbocycles. The van der Waals surface area contributed by atoms with Crippen LogP contribution in [0.15, 0.2) is 0 Å². The predicted octanol–water partition coefficient (Wildman–Crippen LogP) is 2.85. The van der Waals surface area contributed by atoms with E-state index in [9.17, 15) is 4.11 Å². The molecule has 0 amide bonds. The number of nitrogens with zero attached hydrogens (tertiary/aromatic N) is 1. The third-order valence-corrected chi connectivity index (χ3v) is 5.63. The summed E-state index contributed by atoms with van der Waals surface area (Å²) in [4.78, 5) is 0. The third kappa shape index (κ3) is 2.97. The van der Waals surface area contributed by atoms with Crippen molar-refractivity contribution in [3.8, 4) is 6.07 Å². The van der Waals surface area contributed by atoms with Gasteiger partial charge in [0.25, 0.3) is 0 Å². The van der Waals surface area contributed by atoms with Crippen LogP contribution in [0.2, 0.25) is 18.1 Å². The van der Waals surface area contributed by atoms with Gasteiger partial charge in [0.1, 0.15) is 0 Å². The number of rotatable bonds is 4. The van der Waals surface area contributed by atoms with Crippen LogP contribution in [0.1, 0.15) is 20.3 Å². The number of halogens is 1. The first-order chi connectivity index (χ1) is 4.68. The van der Waals surface area contributed by atoms with Gasteiger partial charge in [-0.05, 0) is 18.1 Å². The largest absolute Gasteiger partial charge is 0.314 e. The summed E-state index contributed by atoms with van der Waals surface area (Å²) < 4.78 is 13.4. The van der Waals surface area contributed by atoms with Gasteiger partial charge in [0.15, 0.2) is 0 Å². The van der Waals surface area contributed by atoms with Gasteiger partial charge >= 0.3 is 0 Å². The van der Waals surface area contributed by atoms with Gasteiger partial charge in [-0.25, -0.2) is 0 Å². The van der Waals surface area contributed by atoms with Crippen LogP contribution in [0.5, 0.6) is 0 Å². The first kappa shape index (κ1) is 9.64. The van der Waals surface area contributed by atoms with Crippen molar-refractivity contribution in [3.63, 3.8) is 0 Å². The van der Waals surface area contributed by atoms with Crippen molar-refractivity contribution in [2.24, 2.45) is 0 Å². The Balaban J connectivity index is 3.71. The van der Waals surface area contributed by atoms with Crippen LogP contribution in [0.25, 0.3) is 0 Å². The molecular weight excluding hydrogens is 145 g/mol. The van der Waals surface area contributed by atoms with Crippen LogP contribution < -0.4 is 0 Å². The molecule has 0 fully saturated rings. The number of hydrogen-bond donors (Lipinski definition) is 0. The zero-order valence-electron chi connectivity index (χ0n) is 6.65. The first-order valence-electron chi connectivity index (χ1n) is 3.74. The summed E-state index contributed by atoms with van der Waals surface area (Å²) in [6.45, 7) is 3.76. The Morgan fingerprint density at radius 3 is 2.20 bits per heavy atom. The van der Waals surface area contributed by atoms with E-state index in [0.717, 1.165) is 0 Å². The zero-order valence-corrected chi connectivity index (χ0v) is 7.65. The van der Waals surface area contributed by atoms with Crippen molar-refractivity contribution in [1.82, 2.24) is 0 Å². The lowest BCUT2D eigenvalue weighted by Gasteiger charge is -2.15. The van der Waals surface area contributed by atoms with Crippen LogP contribution in [0.4, 0.5) is 4.11 Å². The molecule has 0 saturated carbocycles. The fourth-order valence-corrected chi connectivity index (χ4v) is 2.65. The second-order valence-electron chi connectivity index (χ2n) is 2.52. The molecule has 0 aromatic rings. The molecule has 0 aliphatic rings. The van der Waals surface area contributed by atoms with Crippen LogP contribution in [0, 0.1) is 11.3 Å². The van der Waals surface area contributed by atoms with Gasteiger partial charge in [-0.3, -0.25) is 0 Å². The molecule has 0 N–H and O–H groups in total. The summed E-state index contributed by atoms with van der Waals surface area (Å²) in [6, 6.07) is 3.83. The molecule has 0 heterocycles. The lowest BCUT2D eigenvalue weighted by Crippen LogP contribution is -2.25. The summed E-state index contributed by atoms with van der Waals surface area (Å²) in [5, 5.41) is 8.23. The minimum atomic E-state index is -2.44. The van der Waals surface area contributed by atoms with Crippen LogP contribution in [-0.4, -0.2) is 8.41 Å². The maximum absolute atomic E-state index is 13.4. The summed E-state index contributed by atoms with van der Waals surface area (Å²) in [6.07, 6.45) is 0.393. The second-order valence-corrected chi connectivity index (χ2v) is 6.73. The fourth-order valence-electron chi connectivity index (χ4n) is 0.883. The van der Waals surface area contributed by atoms with Crippen molar-refractivity contribution < 1.29 is 4.11 Å². The lowest BCUT2D eigenvalue weighted by atomic mass is 10.6. The van der Waals surface area contributed by atoms with Crippen molar-refractivity contribution >= 4 is 8.41 Å². The molecule has 0 radical (unpaired) electrons. The van der Waals surface area contributed by atoms with Gasteiger partial charge in [0.05, 0.1) is 6.07 Å². The van der Waals surface area contributed by atoms with Crippen LogP contribution in [-0.2, 0) is 0 Å². The van der Waals surface area contributed by atoms with Crippen molar-refractivity contribution in [2.45, 2.75) is 38.4 Å². The minimum absolute atomic E-state index is 0.393. The van der Waals surface area contributed by atoms with Crippen LogP contribution >= 0.6 is 0 Å². The van der Waals surface area contributed by atoms with Gasteiger partial charge in [-0.2, -0.15) is 5.26 Å². The van der Waals surface area contributed by atoms with Gasteiger partial charge < -0.3 is 4.11 Å². The normalized spacial score (nSPS) is 11.0. The highest BCUT2D eigenvalue weighted by atomic mass is 28.4. The Morgan fingerprint density at radius 1 is 1.40 bits per heavy atom. The molecule has 0 aromatic heterocycles. The molecule has 0 aromatic carbocycles. The van der Waals surface area contributed by atoms with E-state index in [2.05, 4.69) is 0 Å². The summed E-state index contributed by atoms with van der Waals surface area (Å²) in [7, 11) is -2.44. The van der Waals surface area contributed by atoms with E-state index in [-0.39, 0.29) is 0 Å². The van der Waals surface area contributed by atoms with Crippen molar-refractivity contribution in [2.75, 3.05) is 0 Å². The van der Waals surface area contributed by atoms with E-state index in [1.165, 1.54) is 0 Å². The monoisotopic (exact) mass is 159 g/mol. The van der Waals surface area contributed by atoms with E-state index in [4.69, 9.17) is 5.26 Å². The van der Waals surface area contributed by atoms with Gasteiger partial charge in [-0.1, -0.05) is 13.8 Å². The minimum Gasteiger partial charge on any atom is -0.314 e. The van der Waals surface area contributed by atoms with E-state index < -0.39 is 8.41 Å². The Bertz CT molecular complexity index is 126. The molecule has 0 spiro atoms. The molecule has 0 bridgehead atoms. The fraction of sp³-hybridized carbons (Fsp3) is 0.857. The Hall–Kier alpha value is -0.363. The molecule has 0 unspecified atom stereocenters. The maximum atomic E-state index is 13.4. The molecule has 10 heavy (non-hydrogen) atoms. The third-order valence-electron chi connectivity index (χ3n) is 1.95. The first-order valence-corrected chi connectivity index (χ1v) is 6.24. The smallest absolute Gasteiger partial charge is 0.247 e. The van der Waals surface area contributed by atoms with E-state index in [0.29, 0.717) is 24.6 Å². The Morgan fingerprint density at radius 2 is 1.90 bits per heavy atom. The van der Waals surface area contributed by atoms with Gasteiger partial charge in [-0.15, -0.1) is 0 Å². The quantitative estimate of drug-likeness (QED) is 0.457. The summed E-state index contributed by atoms with van der Waals surface area (Å²) >= 11 is 0. The standard InChI is InChI=1S/C7H14FNSi/c1-3-10(8,4-2)7-5-6-9/h3-5,7H2,1-2H3. The molecule has 0 aliphatic heterocycles. The van der Waals surface area contributed by atoms with E-state index in [1.807, 2.05) is 19.9 Å². The van der Waals surface area contributed by atoms with Crippen LogP contribution in [0.3, 0.4) is 0 Å². The van der Waals surface area contributed by atoms with Crippen molar-refractivity contribution in [1.29, 1.82) is 5.26 Å². The highest BCUT2D eigenvalue weighted by molar-refractivity contribution is 6.73. The molecular formula is C7H14FNSi. The SMILES string of the molecule is CC[Si](F)(CC)CCC#N. The van der Waals surface area contributed by atoms with E-state index in [1.54, 1.807) is 0 Å². The summed E-state index contributed by atoms with van der Waals surface area (Å²) in [5.74, 6) is 0. The molecule has 0 atom stereocenters. The lowest BCUT2D eigenvalue weighted by molar-refractivity contribution is 0.745. The average molecular weight is 159 g/mol. The topological polar surface area (TPSA) is 23.8 Å². The zero-order chi connectivity index (χ0) is 8.04. The molecule has 58 valence electrons. The highest BCUT2D eigenvalue weighted by Gasteiger charge is 2.28. The van der Waals surface area contributed by atoms with Gasteiger partial charge in [0, 0.05) is 6.42 Å². The predicted molar refractivity (Wildman–Crippen MR) is 42.9 cm³/mol. The number of hydrogen-bond acceptors (Lipinski definition) is 1. The Labute approximate surface area is 63.0 Å². The number of nitriles is 1.